The maximum Gasteiger partial charge on any atom is 0.112 e. The minimum absolute atomic E-state index is 0.157. The van der Waals surface area contributed by atoms with Crippen LogP contribution < -0.4 is 0 Å². The zero-order valence-corrected chi connectivity index (χ0v) is 14.6. The number of rotatable bonds is 8. The maximum atomic E-state index is 4.98. The normalized spacial score (nSPS) is 14.0. The first-order valence-electron chi connectivity index (χ1n) is 8.43. The molecule has 1 heterocycles. The molecule has 0 aliphatic rings. The topological polar surface area (TPSA) is 28.7 Å². The van der Waals surface area contributed by atoms with Crippen LogP contribution in [0.4, 0.5) is 0 Å². The molecule has 1 aromatic rings. The zero-order chi connectivity index (χ0) is 15.3. The van der Waals surface area contributed by atoms with Crippen LogP contribution in [0.3, 0.4) is 0 Å². The first-order chi connectivity index (χ1) is 9.33. The van der Waals surface area contributed by atoms with E-state index >= 15 is 0 Å². The van der Waals surface area contributed by atoms with Gasteiger partial charge in [0, 0.05) is 11.1 Å². The van der Waals surface area contributed by atoms with Gasteiger partial charge < -0.3 is 4.98 Å². The summed E-state index contributed by atoms with van der Waals surface area (Å²) in [5.41, 5.74) is 2.82. The van der Waals surface area contributed by atoms with Crippen LogP contribution in [0.2, 0.25) is 0 Å². The standard InChI is InChI=1S/C18H34N2/c1-8-10-12-18(6,7)17-19-15(13(3)4)16(20-17)14(5)11-9-2/h13-14H,8-12H2,1-7H3,(H,19,20). The lowest BCUT2D eigenvalue weighted by Crippen LogP contribution is -2.19. The lowest BCUT2D eigenvalue weighted by molar-refractivity contribution is 0.433. The number of aromatic amines is 1. The molecule has 1 aromatic heterocycles. The summed E-state index contributed by atoms with van der Waals surface area (Å²) in [6.45, 7) is 16.0. The molecule has 1 rings (SSSR count). The van der Waals surface area contributed by atoms with Gasteiger partial charge >= 0.3 is 0 Å². The highest BCUT2D eigenvalue weighted by Crippen LogP contribution is 2.33. The van der Waals surface area contributed by atoms with E-state index in [9.17, 15) is 0 Å². The van der Waals surface area contributed by atoms with E-state index in [1.54, 1.807) is 0 Å². The molecular formula is C18H34N2. The van der Waals surface area contributed by atoms with E-state index in [1.807, 2.05) is 0 Å². The summed E-state index contributed by atoms with van der Waals surface area (Å²) < 4.78 is 0. The van der Waals surface area contributed by atoms with E-state index < -0.39 is 0 Å². The van der Waals surface area contributed by atoms with E-state index in [0.717, 1.165) is 0 Å². The third-order valence-electron chi connectivity index (χ3n) is 4.32. The Bertz CT molecular complexity index is 402. The first kappa shape index (κ1) is 17.3. The van der Waals surface area contributed by atoms with Crippen LogP contribution >= 0.6 is 0 Å². The highest BCUT2D eigenvalue weighted by molar-refractivity contribution is 5.24. The van der Waals surface area contributed by atoms with Crippen molar-refractivity contribution >= 4 is 0 Å². The fourth-order valence-corrected chi connectivity index (χ4v) is 2.85. The fraction of sp³-hybridized carbons (Fsp3) is 0.833. The molecular weight excluding hydrogens is 244 g/mol. The van der Waals surface area contributed by atoms with E-state index in [4.69, 9.17) is 4.98 Å². The van der Waals surface area contributed by atoms with E-state index in [1.165, 1.54) is 49.3 Å². The molecule has 0 amide bonds. The van der Waals surface area contributed by atoms with Gasteiger partial charge in [-0.05, 0) is 24.7 Å². The van der Waals surface area contributed by atoms with Crippen LogP contribution in [0.1, 0.15) is 110 Å². The molecule has 0 spiro atoms. The Hall–Kier alpha value is -0.790. The molecule has 1 atom stereocenters. The Morgan fingerprint density at radius 3 is 2.25 bits per heavy atom. The Balaban J connectivity index is 3.08. The molecule has 116 valence electrons. The van der Waals surface area contributed by atoms with Gasteiger partial charge in [0.1, 0.15) is 5.82 Å². The van der Waals surface area contributed by atoms with Crippen molar-refractivity contribution in [3.05, 3.63) is 17.2 Å². The van der Waals surface area contributed by atoms with Gasteiger partial charge in [-0.1, -0.05) is 67.7 Å². The highest BCUT2D eigenvalue weighted by Gasteiger charge is 2.27. The monoisotopic (exact) mass is 278 g/mol. The van der Waals surface area contributed by atoms with Crippen molar-refractivity contribution in [3.63, 3.8) is 0 Å². The van der Waals surface area contributed by atoms with E-state index in [-0.39, 0.29) is 5.41 Å². The minimum Gasteiger partial charge on any atom is -0.345 e. The smallest absolute Gasteiger partial charge is 0.112 e. The summed E-state index contributed by atoms with van der Waals surface area (Å²) in [6.07, 6.45) is 6.18. The quantitative estimate of drug-likeness (QED) is 0.629. The van der Waals surface area contributed by atoms with Gasteiger partial charge in [0.2, 0.25) is 0 Å². The second kappa shape index (κ2) is 7.28. The third kappa shape index (κ3) is 4.10. The molecule has 2 nitrogen and oxygen atoms in total. The van der Waals surface area contributed by atoms with Gasteiger partial charge in [0.25, 0.3) is 0 Å². The van der Waals surface area contributed by atoms with Crippen molar-refractivity contribution in [2.75, 3.05) is 0 Å². The largest absolute Gasteiger partial charge is 0.345 e. The summed E-state index contributed by atoms with van der Waals surface area (Å²) in [5, 5.41) is 0. The number of aromatic nitrogens is 2. The zero-order valence-electron chi connectivity index (χ0n) is 14.6. The average molecular weight is 278 g/mol. The number of unbranched alkanes of at least 4 members (excludes halogenated alkanes) is 1. The second-order valence-corrected chi connectivity index (χ2v) is 7.22. The molecule has 0 aliphatic carbocycles. The Morgan fingerprint density at radius 1 is 1.10 bits per heavy atom. The average Bonchev–Trinajstić information content (AvgIpc) is 2.82. The van der Waals surface area contributed by atoms with Crippen LogP contribution in [0.5, 0.6) is 0 Å². The summed E-state index contributed by atoms with van der Waals surface area (Å²) in [4.78, 5) is 8.67. The third-order valence-corrected chi connectivity index (χ3v) is 4.32. The molecule has 0 bridgehead atoms. The fourth-order valence-electron chi connectivity index (χ4n) is 2.85. The van der Waals surface area contributed by atoms with Crippen LogP contribution in [0.25, 0.3) is 0 Å². The van der Waals surface area contributed by atoms with Gasteiger partial charge in [0.05, 0.1) is 5.69 Å². The van der Waals surface area contributed by atoms with Gasteiger partial charge in [-0.25, -0.2) is 4.98 Å². The first-order valence-corrected chi connectivity index (χ1v) is 8.43. The number of H-pyrrole nitrogens is 1. The summed E-state index contributed by atoms with van der Waals surface area (Å²) in [5.74, 6) is 2.27. The summed E-state index contributed by atoms with van der Waals surface area (Å²) in [7, 11) is 0. The molecule has 2 heteroatoms. The van der Waals surface area contributed by atoms with Gasteiger partial charge in [-0.3, -0.25) is 0 Å². The van der Waals surface area contributed by atoms with E-state index in [0.29, 0.717) is 11.8 Å². The van der Waals surface area contributed by atoms with Gasteiger partial charge in [-0.15, -0.1) is 0 Å². The maximum absolute atomic E-state index is 4.98. The summed E-state index contributed by atoms with van der Waals surface area (Å²) >= 11 is 0. The second-order valence-electron chi connectivity index (χ2n) is 7.22. The molecule has 0 radical (unpaired) electrons. The Morgan fingerprint density at radius 2 is 1.75 bits per heavy atom. The molecule has 1 N–H and O–H groups in total. The molecule has 0 saturated heterocycles. The minimum atomic E-state index is 0.157. The van der Waals surface area contributed by atoms with E-state index in [2.05, 4.69) is 53.5 Å². The molecule has 0 saturated carbocycles. The van der Waals surface area contributed by atoms with Crippen molar-refractivity contribution in [3.8, 4) is 0 Å². The van der Waals surface area contributed by atoms with Crippen molar-refractivity contribution in [2.45, 2.75) is 97.8 Å². The lowest BCUT2D eigenvalue weighted by atomic mass is 9.86. The molecule has 20 heavy (non-hydrogen) atoms. The van der Waals surface area contributed by atoms with Crippen LogP contribution in [0, 0.1) is 0 Å². The number of nitrogens with zero attached hydrogens (tertiary/aromatic N) is 1. The van der Waals surface area contributed by atoms with Crippen molar-refractivity contribution in [1.82, 2.24) is 9.97 Å². The predicted molar refractivity (Wildman–Crippen MR) is 88.6 cm³/mol. The summed E-state index contributed by atoms with van der Waals surface area (Å²) in [6, 6.07) is 0. The lowest BCUT2D eigenvalue weighted by Gasteiger charge is -2.21. The van der Waals surface area contributed by atoms with Crippen molar-refractivity contribution in [1.29, 1.82) is 0 Å². The highest BCUT2D eigenvalue weighted by atomic mass is 15.0. The van der Waals surface area contributed by atoms with Crippen molar-refractivity contribution in [2.24, 2.45) is 0 Å². The van der Waals surface area contributed by atoms with Crippen LogP contribution in [-0.4, -0.2) is 9.97 Å². The SMILES string of the molecule is CCCCC(C)(C)c1nc(C(C)C)c(C(C)CCC)[nH]1. The number of hydrogen-bond donors (Lipinski definition) is 1. The van der Waals surface area contributed by atoms with Gasteiger partial charge in [0.15, 0.2) is 0 Å². The number of imidazole rings is 1. The number of nitrogens with one attached hydrogen (secondary N) is 1. The van der Waals surface area contributed by atoms with Crippen LogP contribution in [-0.2, 0) is 5.41 Å². The molecule has 0 aromatic carbocycles. The van der Waals surface area contributed by atoms with Gasteiger partial charge in [-0.2, -0.15) is 0 Å². The molecule has 0 fully saturated rings. The molecule has 1 unspecified atom stereocenters. The Kier molecular flexibility index (Phi) is 6.29. The number of hydrogen-bond acceptors (Lipinski definition) is 1. The van der Waals surface area contributed by atoms with Crippen LogP contribution in [0.15, 0.2) is 0 Å². The van der Waals surface area contributed by atoms with Crippen molar-refractivity contribution < 1.29 is 0 Å². The Labute approximate surface area is 125 Å². The predicted octanol–water partition coefficient (Wildman–Crippen LogP) is 5.90. The molecule has 0 aliphatic heterocycles.